The van der Waals surface area contributed by atoms with Crippen molar-refractivity contribution in [3.8, 4) is 5.95 Å². The number of benzene rings is 1. The largest absolute Gasteiger partial charge is 0.346 e. The molecule has 0 radical (unpaired) electrons. The number of hydrogen-bond donors (Lipinski definition) is 1. The quantitative estimate of drug-likeness (QED) is 0.723. The Balaban J connectivity index is 1.57. The van der Waals surface area contributed by atoms with Crippen LogP contribution in [0.1, 0.15) is 53.2 Å². The van der Waals surface area contributed by atoms with Gasteiger partial charge in [0, 0.05) is 22.6 Å². The van der Waals surface area contributed by atoms with E-state index in [1.54, 1.807) is 4.68 Å². The molecule has 1 fully saturated rings. The molecule has 1 N–H and O–H groups in total. The number of carbonyl (C=O) groups is 1. The fourth-order valence-corrected chi connectivity index (χ4v) is 4.17. The molecule has 1 aliphatic rings. The van der Waals surface area contributed by atoms with Gasteiger partial charge in [-0.1, -0.05) is 30.3 Å². The second-order valence-corrected chi connectivity index (χ2v) is 8.04. The molecule has 2 aromatic heterocycles. The molecule has 3 aromatic rings. The Kier molecular flexibility index (Phi) is 4.94. The third kappa shape index (κ3) is 3.67. The third-order valence-electron chi connectivity index (χ3n) is 5.85. The number of aromatic nitrogens is 4. The number of nitrogens with one attached hydrogen (secondary N) is 1. The van der Waals surface area contributed by atoms with E-state index in [4.69, 9.17) is 0 Å². The first-order valence-corrected chi connectivity index (χ1v) is 10.1. The van der Waals surface area contributed by atoms with Crippen molar-refractivity contribution in [3.05, 3.63) is 70.3 Å². The standard InChI is InChI=1S/C23H27N5O/c1-15-13-16(2)25-22(24-15)28-18(4)20(17(3)27-28)14-21(29)26-23(11-8-12-23)19-9-6-5-7-10-19/h5-7,9-10,13H,8,11-12,14H2,1-4H3,(H,26,29). The normalized spacial score (nSPS) is 15.0. The summed E-state index contributed by atoms with van der Waals surface area (Å²) in [6.07, 6.45) is 3.40. The van der Waals surface area contributed by atoms with Crippen molar-refractivity contribution in [2.45, 2.75) is 58.9 Å². The molecule has 4 rings (SSSR count). The van der Waals surface area contributed by atoms with Crippen LogP contribution in [0.3, 0.4) is 0 Å². The molecule has 1 amide bonds. The van der Waals surface area contributed by atoms with Crippen LogP contribution in [-0.2, 0) is 16.8 Å². The van der Waals surface area contributed by atoms with Crippen LogP contribution in [-0.4, -0.2) is 25.7 Å². The zero-order chi connectivity index (χ0) is 20.6. The lowest BCUT2D eigenvalue weighted by Gasteiger charge is -2.43. The van der Waals surface area contributed by atoms with Crippen molar-refractivity contribution in [2.75, 3.05) is 0 Å². The summed E-state index contributed by atoms with van der Waals surface area (Å²) in [5, 5.41) is 7.93. The maximum Gasteiger partial charge on any atom is 0.251 e. The summed E-state index contributed by atoms with van der Waals surface area (Å²) in [7, 11) is 0. The van der Waals surface area contributed by atoms with Crippen molar-refractivity contribution < 1.29 is 4.79 Å². The van der Waals surface area contributed by atoms with Gasteiger partial charge in [0.1, 0.15) is 0 Å². The Bertz CT molecular complexity index is 1030. The van der Waals surface area contributed by atoms with Crippen LogP contribution in [0.25, 0.3) is 5.95 Å². The van der Waals surface area contributed by atoms with Crippen LogP contribution in [0.15, 0.2) is 36.4 Å². The number of aryl methyl sites for hydroxylation is 3. The smallest absolute Gasteiger partial charge is 0.251 e. The van der Waals surface area contributed by atoms with Gasteiger partial charge >= 0.3 is 0 Å². The molecular weight excluding hydrogens is 362 g/mol. The summed E-state index contributed by atoms with van der Waals surface area (Å²) < 4.78 is 1.74. The Morgan fingerprint density at radius 2 is 1.72 bits per heavy atom. The van der Waals surface area contributed by atoms with E-state index in [2.05, 4.69) is 32.5 Å². The molecular formula is C23H27N5O. The molecule has 6 heteroatoms. The Hall–Kier alpha value is -3.02. The van der Waals surface area contributed by atoms with Crippen LogP contribution in [0.4, 0.5) is 0 Å². The average Bonchev–Trinajstić information content (AvgIpc) is 2.93. The van der Waals surface area contributed by atoms with Gasteiger partial charge in [-0.2, -0.15) is 5.10 Å². The molecule has 0 bridgehead atoms. The molecule has 150 valence electrons. The molecule has 2 heterocycles. The summed E-state index contributed by atoms with van der Waals surface area (Å²) in [5.41, 5.74) is 5.43. The minimum Gasteiger partial charge on any atom is -0.346 e. The van der Waals surface area contributed by atoms with Gasteiger partial charge in [0.05, 0.1) is 17.7 Å². The SMILES string of the molecule is Cc1cc(C)nc(-n2nc(C)c(CC(=O)NC3(c4ccccc4)CCC3)c2C)n1. The first-order chi connectivity index (χ1) is 13.9. The van der Waals surface area contributed by atoms with E-state index in [9.17, 15) is 4.79 Å². The summed E-state index contributed by atoms with van der Waals surface area (Å²) >= 11 is 0. The maximum absolute atomic E-state index is 13.0. The topological polar surface area (TPSA) is 72.7 Å². The Labute approximate surface area is 171 Å². The highest BCUT2D eigenvalue weighted by molar-refractivity contribution is 5.80. The fraction of sp³-hybridized carbons (Fsp3) is 0.391. The van der Waals surface area contributed by atoms with E-state index < -0.39 is 0 Å². The van der Waals surface area contributed by atoms with Crippen LogP contribution >= 0.6 is 0 Å². The fourth-order valence-electron chi connectivity index (χ4n) is 4.17. The van der Waals surface area contributed by atoms with Crippen molar-refractivity contribution in [2.24, 2.45) is 0 Å². The third-order valence-corrected chi connectivity index (χ3v) is 5.85. The number of rotatable bonds is 5. The number of hydrogen-bond acceptors (Lipinski definition) is 4. The molecule has 1 aliphatic carbocycles. The highest BCUT2D eigenvalue weighted by Gasteiger charge is 2.40. The minimum absolute atomic E-state index is 0.0284. The molecule has 0 spiro atoms. The van der Waals surface area contributed by atoms with E-state index in [0.717, 1.165) is 47.6 Å². The molecule has 6 nitrogen and oxygen atoms in total. The second kappa shape index (κ2) is 7.43. The lowest BCUT2D eigenvalue weighted by atomic mass is 9.71. The van der Waals surface area contributed by atoms with Crippen LogP contribution in [0, 0.1) is 27.7 Å². The van der Waals surface area contributed by atoms with Crippen molar-refractivity contribution >= 4 is 5.91 Å². The lowest BCUT2D eigenvalue weighted by molar-refractivity contribution is -0.123. The van der Waals surface area contributed by atoms with Gasteiger partial charge in [-0.3, -0.25) is 4.79 Å². The van der Waals surface area contributed by atoms with Gasteiger partial charge in [-0.15, -0.1) is 0 Å². The molecule has 1 aromatic carbocycles. The molecule has 29 heavy (non-hydrogen) atoms. The van der Waals surface area contributed by atoms with Crippen molar-refractivity contribution in [1.29, 1.82) is 0 Å². The zero-order valence-corrected chi connectivity index (χ0v) is 17.5. The van der Waals surface area contributed by atoms with E-state index in [1.807, 2.05) is 52.0 Å². The lowest BCUT2D eigenvalue weighted by Crippen LogP contribution is -2.51. The minimum atomic E-state index is -0.229. The average molecular weight is 390 g/mol. The van der Waals surface area contributed by atoms with Gasteiger partial charge in [0.15, 0.2) is 0 Å². The monoisotopic (exact) mass is 389 g/mol. The molecule has 1 saturated carbocycles. The van der Waals surface area contributed by atoms with E-state index in [-0.39, 0.29) is 11.4 Å². The molecule has 0 saturated heterocycles. The molecule has 0 unspecified atom stereocenters. The van der Waals surface area contributed by atoms with Gasteiger partial charge in [-0.25, -0.2) is 14.6 Å². The molecule has 0 atom stereocenters. The van der Waals surface area contributed by atoms with Gasteiger partial charge in [0.2, 0.25) is 5.91 Å². The van der Waals surface area contributed by atoms with Gasteiger partial charge < -0.3 is 5.32 Å². The summed E-state index contributed by atoms with van der Waals surface area (Å²) in [6, 6.07) is 12.2. The predicted molar refractivity (Wildman–Crippen MR) is 112 cm³/mol. The Morgan fingerprint density at radius 1 is 1.07 bits per heavy atom. The number of amides is 1. The first-order valence-electron chi connectivity index (χ1n) is 10.1. The predicted octanol–water partition coefficient (Wildman–Crippen LogP) is 3.63. The maximum atomic E-state index is 13.0. The van der Waals surface area contributed by atoms with Crippen LogP contribution in [0.2, 0.25) is 0 Å². The van der Waals surface area contributed by atoms with Gasteiger partial charge in [-0.05, 0) is 58.6 Å². The summed E-state index contributed by atoms with van der Waals surface area (Å²) in [6.45, 7) is 7.80. The van der Waals surface area contributed by atoms with Crippen molar-refractivity contribution in [3.63, 3.8) is 0 Å². The second-order valence-electron chi connectivity index (χ2n) is 8.04. The first kappa shape index (κ1) is 19.3. The van der Waals surface area contributed by atoms with Crippen LogP contribution < -0.4 is 5.32 Å². The highest BCUT2D eigenvalue weighted by Crippen LogP contribution is 2.41. The summed E-state index contributed by atoms with van der Waals surface area (Å²) in [5.74, 6) is 0.579. The van der Waals surface area contributed by atoms with Crippen LogP contribution in [0.5, 0.6) is 0 Å². The van der Waals surface area contributed by atoms with E-state index in [0.29, 0.717) is 12.4 Å². The van der Waals surface area contributed by atoms with E-state index >= 15 is 0 Å². The molecule has 0 aliphatic heterocycles. The zero-order valence-electron chi connectivity index (χ0n) is 17.5. The van der Waals surface area contributed by atoms with Crippen molar-refractivity contribution in [1.82, 2.24) is 25.1 Å². The number of carbonyl (C=O) groups excluding carboxylic acids is 1. The van der Waals surface area contributed by atoms with E-state index in [1.165, 1.54) is 5.56 Å². The number of nitrogens with zero attached hydrogens (tertiary/aromatic N) is 4. The highest BCUT2D eigenvalue weighted by atomic mass is 16.1. The summed E-state index contributed by atoms with van der Waals surface area (Å²) in [4.78, 5) is 22.0. The Morgan fingerprint density at radius 3 is 2.31 bits per heavy atom. The van der Waals surface area contributed by atoms with Gasteiger partial charge in [0.25, 0.3) is 5.95 Å².